The number of nitrogens with zero attached hydrogens (tertiary/aromatic N) is 1. The van der Waals surface area contributed by atoms with Gasteiger partial charge in [0.1, 0.15) is 11.6 Å². The Labute approximate surface area is 128 Å². The monoisotopic (exact) mass is 355 g/mol. The predicted molar refractivity (Wildman–Crippen MR) is 80.3 cm³/mol. The zero-order valence-corrected chi connectivity index (χ0v) is 12.4. The Kier molecular flexibility index (Phi) is 4.74. The molecule has 0 aliphatic carbocycles. The van der Waals surface area contributed by atoms with Gasteiger partial charge in [-0.3, -0.25) is 0 Å². The van der Waals surface area contributed by atoms with Gasteiger partial charge in [-0.1, -0.05) is 29.4 Å². The Morgan fingerprint density at radius 1 is 1.24 bits per heavy atom. The SMILES string of the molecule is N/C(=N/O)c1ccccc1CNc1cc(Br)c(F)cc1F. The maximum Gasteiger partial charge on any atom is 0.170 e. The molecule has 0 amide bonds. The summed E-state index contributed by atoms with van der Waals surface area (Å²) in [5.74, 6) is -1.40. The van der Waals surface area contributed by atoms with Crippen LogP contribution < -0.4 is 11.1 Å². The third-order valence-corrected chi connectivity index (χ3v) is 3.49. The first-order chi connectivity index (χ1) is 10.0. The minimum Gasteiger partial charge on any atom is -0.409 e. The molecule has 0 atom stereocenters. The van der Waals surface area contributed by atoms with Crippen LogP contribution in [0.25, 0.3) is 0 Å². The Balaban J connectivity index is 2.23. The topological polar surface area (TPSA) is 70.6 Å². The third-order valence-electron chi connectivity index (χ3n) is 2.88. The van der Waals surface area contributed by atoms with E-state index in [1.54, 1.807) is 24.3 Å². The fourth-order valence-electron chi connectivity index (χ4n) is 1.83. The molecule has 0 saturated carbocycles. The first kappa shape index (κ1) is 15.2. The lowest BCUT2D eigenvalue weighted by atomic mass is 10.1. The molecule has 0 aromatic heterocycles. The maximum atomic E-state index is 13.6. The molecule has 4 N–H and O–H groups in total. The first-order valence-corrected chi connectivity index (χ1v) is 6.76. The molecule has 0 radical (unpaired) electrons. The summed E-state index contributed by atoms with van der Waals surface area (Å²) in [5.41, 5.74) is 6.98. The summed E-state index contributed by atoms with van der Waals surface area (Å²) in [5, 5.41) is 14.5. The number of rotatable bonds is 4. The van der Waals surface area contributed by atoms with Crippen molar-refractivity contribution in [3.63, 3.8) is 0 Å². The van der Waals surface area contributed by atoms with E-state index in [1.165, 1.54) is 6.07 Å². The van der Waals surface area contributed by atoms with Gasteiger partial charge in [0.05, 0.1) is 10.2 Å². The van der Waals surface area contributed by atoms with Gasteiger partial charge in [-0.15, -0.1) is 0 Å². The highest BCUT2D eigenvalue weighted by atomic mass is 79.9. The zero-order valence-electron chi connectivity index (χ0n) is 10.8. The second-order valence-corrected chi connectivity index (χ2v) is 5.10. The molecule has 2 aromatic rings. The smallest absolute Gasteiger partial charge is 0.170 e. The normalized spacial score (nSPS) is 11.5. The molecule has 110 valence electrons. The number of amidine groups is 1. The molecule has 0 bridgehead atoms. The van der Waals surface area contributed by atoms with E-state index in [1.807, 2.05) is 0 Å². The standard InChI is InChI=1S/C14H12BrF2N3O/c15-10-5-13(12(17)6-11(10)16)19-7-8-3-1-2-4-9(8)14(18)20-21/h1-6,19,21H,7H2,(H2,18,20). The molecule has 21 heavy (non-hydrogen) atoms. The van der Waals surface area contributed by atoms with Crippen LogP contribution in [0.3, 0.4) is 0 Å². The summed E-state index contributed by atoms with van der Waals surface area (Å²) < 4.78 is 27.0. The van der Waals surface area contributed by atoms with Crippen molar-refractivity contribution >= 4 is 27.5 Å². The van der Waals surface area contributed by atoms with Crippen LogP contribution in [0.5, 0.6) is 0 Å². The lowest BCUT2D eigenvalue weighted by Crippen LogP contribution is -2.17. The van der Waals surface area contributed by atoms with Gasteiger partial charge in [-0.25, -0.2) is 8.78 Å². The summed E-state index contributed by atoms with van der Waals surface area (Å²) in [6.45, 7) is 0.237. The van der Waals surface area contributed by atoms with E-state index < -0.39 is 11.6 Å². The fraction of sp³-hybridized carbons (Fsp3) is 0.0714. The highest BCUT2D eigenvalue weighted by molar-refractivity contribution is 9.10. The van der Waals surface area contributed by atoms with E-state index in [0.29, 0.717) is 11.1 Å². The second kappa shape index (κ2) is 6.53. The van der Waals surface area contributed by atoms with Gasteiger partial charge in [0.15, 0.2) is 5.84 Å². The summed E-state index contributed by atoms with van der Waals surface area (Å²) in [6, 6.07) is 9.08. The van der Waals surface area contributed by atoms with Crippen LogP contribution in [0.1, 0.15) is 11.1 Å². The number of oxime groups is 1. The van der Waals surface area contributed by atoms with E-state index in [9.17, 15) is 8.78 Å². The van der Waals surface area contributed by atoms with Gasteiger partial charge in [-0.2, -0.15) is 0 Å². The van der Waals surface area contributed by atoms with Gasteiger partial charge < -0.3 is 16.3 Å². The Morgan fingerprint density at radius 3 is 2.67 bits per heavy atom. The summed E-state index contributed by atoms with van der Waals surface area (Å²) in [4.78, 5) is 0. The molecule has 2 aromatic carbocycles. The lowest BCUT2D eigenvalue weighted by Gasteiger charge is -2.11. The number of hydrogen-bond acceptors (Lipinski definition) is 3. The van der Waals surface area contributed by atoms with Crippen LogP contribution in [0.2, 0.25) is 0 Å². The van der Waals surface area contributed by atoms with Crippen molar-refractivity contribution in [1.29, 1.82) is 0 Å². The minimum absolute atomic E-state index is 0.0341. The number of nitrogens with one attached hydrogen (secondary N) is 1. The van der Waals surface area contributed by atoms with Crippen molar-refractivity contribution < 1.29 is 14.0 Å². The van der Waals surface area contributed by atoms with Gasteiger partial charge >= 0.3 is 0 Å². The van der Waals surface area contributed by atoms with Crippen molar-refractivity contribution in [2.45, 2.75) is 6.54 Å². The highest BCUT2D eigenvalue weighted by Gasteiger charge is 2.10. The highest BCUT2D eigenvalue weighted by Crippen LogP contribution is 2.24. The van der Waals surface area contributed by atoms with Crippen LogP contribution in [-0.4, -0.2) is 11.0 Å². The molecule has 0 unspecified atom stereocenters. The zero-order chi connectivity index (χ0) is 15.4. The van der Waals surface area contributed by atoms with Crippen LogP contribution in [-0.2, 0) is 6.54 Å². The fourth-order valence-corrected chi connectivity index (χ4v) is 2.17. The predicted octanol–water partition coefficient (Wildman–Crippen LogP) is 3.43. The van der Waals surface area contributed by atoms with Crippen LogP contribution in [0.15, 0.2) is 46.0 Å². The molecule has 0 aliphatic rings. The van der Waals surface area contributed by atoms with Gasteiger partial charge in [0, 0.05) is 18.2 Å². The molecule has 4 nitrogen and oxygen atoms in total. The maximum absolute atomic E-state index is 13.6. The number of nitrogens with two attached hydrogens (primary N) is 1. The summed E-state index contributed by atoms with van der Waals surface area (Å²) >= 11 is 3.00. The van der Waals surface area contributed by atoms with E-state index >= 15 is 0 Å². The quantitative estimate of drug-likeness (QED) is 0.258. The van der Waals surface area contributed by atoms with Gasteiger partial charge in [0.25, 0.3) is 0 Å². The van der Waals surface area contributed by atoms with E-state index in [0.717, 1.165) is 6.07 Å². The van der Waals surface area contributed by atoms with Crippen molar-refractivity contribution in [3.8, 4) is 0 Å². The van der Waals surface area contributed by atoms with Gasteiger partial charge in [0.2, 0.25) is 0 Å². The molecule has 0 aliphatic heterocycles. The van der Waals surface area contributed by atoms with Crippen molar-refractivity contribution in [1.82, 2.24) is 0 Å². The van der Waals surface area contributed by atoms with Crippen molar-refractivity contribution in [2.24, 2.45) is 10.9 Å². The summed E-state index contributed by atoms with van der Waals surface area (Å²) in [6.07, 6.45) is 0. The number of halogens is 3. The molecule has 0 saturated heterocycles. The Hall–Kier alpha value is -2.15. The number of anilines is 1. The minimum atomic E-state index is -0.697. The first-order valence-electron chi connectivity index (χ1n) is 5.97. The largest absolute Gasteiger partial charge is 0.409 e. The van der Waals surface area contributed by atoms with Crippen LogP contribution in [0.4, 0.5) is 14.5 Å². The van der Waals surface area contributed by atoms with Crippen LogP contribution in [0, 0.1) is 11.6 Å². The Morgan fingerprint density at radius 2 is 1.95 bits per heavy atom. The number of benzene rings is 2. The number of hydrogen-bond donors (Lipinski definition) is 3. The molecule has 0 spiro atoms. The van der Waals surface area contributed by atoms with E-state index in [4.69, 9.17) is 10.9 Å². The van der Waals surface area contributed by atoms with Gasteiger partial charge in [-0.05, 0) is 27.6 Å². The van der Waals surface area contributed by atoms with Crippen molar-refractivity contribution in [2.75, 3.05) is 5.32 Å². The molecule has 0 fully saturated rings. The molecular weight excluding hydrogens is 344 g/mol. The lowest BCUT2D eigenvalue weighted by molar-refractivity contribution is 0.318. The molecular formula is C14H12BrF2N3O. The third kappa shape index (κ3) is 3.49. The molecule has 7 heteroatoms. The van der Waals surface area contributed by atoms with E-state index in [2.05, 4.69) is 26.4 Å². The van der Waals surface area contributed by atoms with Crippen molar-refractivity contribution in [3.05, 3.63) is 63.6 Å². The van der Waals surface area contributed by atoms with E-state index in [-0.39, 0.29) is 22.5 Å². The molecule has 2 rings (SSSR count). The second-order valence-electron chi connectivity index (χ2n) is 4.24. The van der Waals surface area contributed by atoms with Crippen LogP contribution >= 0.6 is 15.9 Å². The molecule has 0 heterocycles. The average Bonchev–Trinajstić information content (AvgIpc) is 2.49. The summed E-state index contributed by atoms with van der Waals surface area (Å²) in [7, 11) is 0. The Bertz CT molecular complexity index is 692. The average molecular weight is 356 g/mol.